The Hall–Kier alpha value is -3.46. The third-order valence-electron chi connectivity index (χ3n) is 6.34. The van der Waals surface area contributed by atoms with E-state index in [1.807, 2.05) is 0 Å². The zero-order valence-corrected chi connectivity index (χ0v) is 24.4. The van der Waals surface area contributed by atoms with E-state index in [1.54, 1.807) is 32.2 Å². The van der Waals surface area contributed by atoms with Gasteiger partial charge in [-0.05, 0) is 61.0 Å². The van der Waals surface area contributed by atoms with Gasteiger partial charge in [0.2, 0.25) is 11.5 Å². The van der Waals surface area contributed by atoms with Gasteiger partial charge in [-0.25, -0.2) is 4.79 Å². The van der Waals surface area contributed by atoms with Gasteiger partial charge in [0.15, 0.2) is 17.2 Å². The molecule has 0 aliphatic heterocycles. The van der Waals surface area contributed by atoms with Crippen LogP contribution in [0.15, 0.2) is 35.9 Å². The summed E-state index contributed by atoms with van der Waals surface area (Å²) in [5.41, 5.74) is 0.609. The summed E-state index contributed by atoms with van der Waals surface area (Å²) in [5.74, 6) is 0.739. The third-order valence-corrected chi connectivity index (χ3v) is 10.7. The molecule has 2 aromatic carbocycles. The number of carbonyl (C=O) groups excluding carboxylic acids is 2. The third kappa shape index (κ3) is 6.85. The van der Waals surface area contributed by atoms with Gasteiger partial charge in [-0.15, -0.1) is 0 Å². The number of methoxy groups -OCH3 is 4. The lowest BCUT2D eigenvalue weighted by Gasteiger charge is -2.36. The average Bonchev–Trinajstić information content (AvgIpc) is 2.85. The van der Waals surface area contributed by atoms with Crippen molar-refractivity contribution in [1.29, 1.82) is 0 Å². The van der Waals surface area contributed by atoms with Gasteiger partial charge in [-0.1, -0.05) is 26.8 Å². The number of hydrogen-bond acceptors (Lipinski definition) is 8. The second-order valence-electron chi connectivity index (χ2n) is 9.79. The van der Waals surface area contributed by atoms with E-state index in [4.69, 9.17) is 28.1 Å². The summed E-state index contributed by atoms with van der Waals surface area (Å²) in [6.45, 7) is 12.5. The van der Waals surface area contributed by atoms with Crippen LogP contribution in [0.25, 0.3) is 6.08 Å². The topological polar surface area (TPSA) is 89.5 Å². The summed E-state index contributed by atoms with van der Waals surface area (Å²) in [6.07, 6.45) is 1.49. The van der Waals surface area contributed by atoms with Crippen LogP contribution >= 0.6 is 0 Å². The minimum atomic E-state index is -2.19. The van der Waals surface area contributed by atoms with Crippen LogP contribution in [0.5, 0.6) is 28.7 Å². The van der Waals surface area contributed by atoms with Gasteiger partial charge < -0.3 is 28.1 Å². The molecule has 0 saturated carbocycles. The Labute approximate surface area is 220 Å². The molecule has 8 nitrogen and oxygen atoms in total. The maximum atomic E-state index is 13.6. The van der Waals surface area contributed by atoms with E-state index in [0.29, 0.717) is 34.3 Å². The van der Waals surface area contributed by atoms with Crippen molar-refractivity contribution in [3.05, 3.63) is 47.0 Å². The highest BCUT2D eigenvalue weighted by molar-refractivity contribution is 6.74. The highest BCUT2D eigenvalue weighted by atomic mass is 28.4. The molecule has 9 heteroatoms. The van der Waals surface area contributed by atoms with E-state index in [2.05, 4.69) is 33.9 Å². The fourth-order valence-electron chi connectivity index (χ4n) is 3.25. The Bertz CT molecular complexity index is 1140. The number of esters is 1. The Morgan fingerprint density at radius 2 is 1.41 bits per heavy atom. The van der Waals surface area contributed by atoms with Gasteiger partial charge in [0.1, 0.15) is 11.3 Å². The number of rotatable bonds is 11. The summed E-state index contributed by atoms with van der Waals surface area (Å²) >= 11 is 0. The molecule has 0 atom stereocenters. The van der Waals surface area contributed by atoms with Crippen LogP contribution in [0.4, 0.5) is 0 Å². The number of Topliss-reactive ketones (excluding diaryl/α,β-unsaturated/α-hetero) is 1. The van der Waals surface area contributed by atoms with Crippen molar-refractivity contribution >= 4 is 26.1 Å². The van der Waals surface area contributed by atoms with Crippen molar-refractivity contribution in [2.75, 3.05) is 35.0 Å². The smallest absolute Gasteiger partial charge is 0.342 e. The van der Waals surface area contributed by atoms with Crippen LogP contribution in [-0.4, -0.2) is 55.1 Å². The summed E-state index contributed by atoms with van der Waals surface area (Å²) in [6, 6.07) is 8.26. The van der Waals surface area contributed by atoms with Crippen LogP contribution < -0.4 is 23.4 Å². The lowest BCUT2D eigenvalue weighted by molar-refractivity contribution is -0.137. The number of carbonyl (C=O) groups is 2. The van der Waals surface area contributed by atoms with Crippen LogP contribution in [0, 0.1) is 0 Å². The molecule has 0 aliphatic rings. The average molecular weight is 531 g/mol. The van der Waals surface area contributed by atoms with Gasteiger partial charge in [0.25, 0.3) is 8.32 Å². The highest BCUT2D eigenvalue weighted by Gasteiger charge is 2.39. The predicted octanol–water partition coefficient (Wildman–Crippen LogP) is 5.93. The Kier molecular flexibility index (Phi) is 9.80. The zero-order chi connectivity index (χ0) is 28.0. The molecule has 2 rings (SSSR count). The predicted molar refractivity (Wildman–Crippen MR) is 146 cm³/mol. The molecule has 0 aliphatic carbocycles. The molecule has 0 saturated heterocycles. The van der Waals surface area contributed by atoms with E-state index in [1.165, 1.54) is 39.5 Å². The normalized spacial score (nSPS) is 12.0. The van der Waals surface area contributed by atoms with Gasteiger partial charge >= 0.3 is 5.97 Å². The number of ketones is 1. The molecule has 0 amide bonds. The summed E-state index contributed by atoms with van der Waals surface area (Å²) in [7, 11) is 3.75. The first-order valence-electron chi connectivity index (χ1n) is 11.9. The molecule has 0 heterocycles. The molecule has 0 aromatic heterocycles. The second-order valence-corrected chi connectivity index (χ2v) is 14.5. The Balaban J connectivity index is 2.65. The minimum Gasteiger partial charge on any atom is -0.541 e. The van der Waals surface area contributed by atoms with Crippen LogP contribution in [-0.2, 0) is 9.53 Å². The molecule has 0 fully saturated rings. The maximum absolute atomic E-state index is 13.6. The van der Waals surface area contributed by atoms with Crippen molar-refractivity contribution in [2.24, 2.45) is 0 Å². The summed E-state index contributed by atoms with van der Waals surface area (Å²) in [4.78, 5) is 26.5. The molecule has 202 valence electrons. The molecule has 0 radical (unpaired) electrons. The van der Waals surface area contributed by atoms with Crippen LogP contribution in [0.2, 0.25) is 18.1 Å². The lowest BCUT2D eigenvalue weighted by atomic mass is 10.00. The first kappa shape index (κ1) is 29.8. The fourth-order valence-corrected chi connectivity index (χ4v) is 4.27. The van der Waals surface area contributed by atoms with Crippen LogP contribution in [0.1, 0.15) is 43.6 Å². The molecule has 0 spiro atoms. The van der Waals surface area contributed by atoms with E-state index in [0.717, 1.165) is 0 Å². The molecule has 2 aromatic rings. The SMILES string of the molecule is CCOC(=O)/C(=C/c1ccc(OC)c(O[Si](C)(C)C(C)(C)C)c1)C(=O)c1cc(OC)c(OC)c(OC)c1. The van der Waals surface area contributed by atoms with Crippen molar-refractivity contribution < 1.29 is 37.7 Å². The standard InChI is InChI=1S/C28H38O8Si/c1-11-35-27(30)20(25(29)19-16-23(32-6)26(34-8)24(17-19)33-7)14-18-12-13-21(31-5)22(15-18)36-37(9,10)28(2,3)4/h12-17H,11H2,1-10H3/b20-14+. The monoisotopic (exact) mass is 530 g/mol. The van der Waals surface area contributed by atoms with E-state index in [-0.39, 0.29) is 22.8 Å². The van der Waals surface area contributed by atoms with Gasteiger partial charge in [-0.2, -0.15) is 0 Å². The number of benzene rings is 2. The van der Waals surface area contributed by atoms with Gasteiger partial charge in [-0.3, -0.25) is 4.79 Å². The molecule has 0 N–H and O–H groups in total. The Morgan fingerprint density at radius 3 is 1.86 bits per heavy atom. The van der Waals surface area contributed by atoms with Crippen molar-refractivity contribution in [3.63, 3.8) is 0 Å². The van der Waals surface area contributed by atoms with E-state index >= 15 is 0 Å². The van der Waals surface area contributed by atoms with Gasteiger partial charge in [0, 0.05) is 5.56 Å². The minimum absolute atomic E-state index is 0.0393. The number of hydrogen-bond donors (Lipinski definition) is 0. The summed E-state index contributed by atoms with van der Waals surface area (Å²) < 4.78 is 33.3. The van der Waals surface area contributed by atoms with Crippen molar-refractivity contribution in [3.8, 4) is 28.7 Å². The number of ether oxygens (including phenoxy) is 5. The Morgan fingerprint density at radius 1 is 0.838 bits per heavy atom. The van der Waals surface area contributed by atoms with Crippen molar-refractivity contribution in [2.45, 2.75) is 45.8 Å². The second kappa shape index (κ2) is 12.2. The highest BCUT2D eigenvalue weighted by Crippen LogP contribution is 2.41. The van der Waals surface area contributed by atoms with E-state index < -0.39 is 20.1 Å². The van der Waals surface area contributed by atoms with E-state index in [9.17, 15) is 9.59 Å². The zero-order valence-electron chi connectivity index (χ0n) is 23.4. The van der Waals surface area contributed by atoms with Gasteiger partial charge in [0.05, 0.1) is 35.0 Å². The fraction of sp³-hybridized carbons (Fsp3) is 0.429. The van der Waals surface area contributed by atoms with Crippen molar-refractivity contribution in [1.82, 2.24) is 0 Å². The molecule has 0 unspecified atom stereocenters. The quantitative estimate of drug-likeness (QED) is 0.0881. The lowest BCUT2D eigenvalue weighted by Crippen LogP contribution is -2.43. The molecular weight excluding hydrogens is 492 g/mol. The largest absolute Gasteiger partial charge is 0.541 e. The summed E-state index contributed by atoms with van der Waals surface area (Å²) in [5, 5.41) is -0.0393. The molecule has 0 bridgehead atoms. The first-order chi connectivity index (χ1) is 17.3. The molecular formula is C28H38O8Si. The first-order valence-corrected chi connectivity index (χ1v) is 14.8. The molecule has 37 heavy (non-hydrogen) atoms. The van der Waals surface area contributed by atoms with Crippen LogP contribution in [0.3, 0.4) is 0 Å². The maximum Gasteiger partial charge on any atom is 0.342 e.